The average molecular weight is 376 g/mol. The van der Waals surface area contributed by atoms with Crippen molar-refractivity contribution >= 4 is 17.0 Å². The number of allylic oxidation sites excluding steroid dienone is 8. The second-order valence-electron chi connectivity index (χ2n) is 5.95. The fourth-order valence-corrected chi connectivity index (χ4v) is 14.5. The maximum absolute atomic E-state index is 7.01. The molecule has 0 nitrogen and oxygen atoms in total. The van der Waals surface area contributed by atoms with Gasteiger partial charge in [-0.3, -0.25) is 0 Å². The summed E-state index contributed by atoms with van der Waals surface area (Å²) in [5.41, 5.74) is 8.40. The topological polar surface area (TPSA) is 0 Å². The number of rotatable bonds is 2. The zero-order valence-electron chi connectivity index (χ0n) is 12.7. The summed E-state index contributed by atoms with van der Waals surface area (Å²) < 4.78 is 2.76. The molecular formula is C16H22Cl2Zr. The van der Waals surface area contributed by atoms with Crippen molar-refractivity contribution in [1.82, 2.24) is 0 Å². The monoisotopic (exact) mass is 374 g/mol. The Balaban J connectivity index is 2.43. The first-order chi connectivity index (χ1) is 8.67. The summed E-state index contributed by atoms with van der Waals surface area (Å²) >= 11 is -3.36. The van der Waals surface area contributed by atoms with Crippen LogP contribution < -0.4 is 0 Å². The van der Waals surface area contributed by atoms with Crippen LogP contribution in [0.4, 0.5) is 0 Å². The molecule has 2 aliphatic rings. The third-order valence-corrected chi connectivity index (χ3v) is 16.8. The molecule has 19 heavy (non-hydrogen) atoms. The average Bonchev–Trinajstić information content (AvgIpc) is 2.75. The SMILES string of the molecule is CC1=C(C)C(C)=[C]([Zr]([Cl])([Cl])[C]2=C(C)C(C)=C(C)C2)C1. The molecule has 0 spiro atoms. The van der Waals surface area contributed by atoms with Crippen molar-refractivity contribution in [2.45, 2.75) is 54.4 Å². The van der Waals surface area contributed by atoms with E-state index in [0.717, 1.165) is 12.8 Å². The van der Waals surface area contributed by atoms with Gasteiger partial charge in [-0.2, -0.15) is 0 Å². The minimum atomic E-state index is -3.36. The molecule has 0 amide bonds. The summed E-state index contributed by atoms with van der Waals surface area (Å²) in [5.74, 6) is 0. The van der Waals surface area contributed by atoms with Crippen LogP contribution in [-0.4, -0.2) is 0 Å². The summed E-state index contributed by atoms with van der Waals surface area (Å²) in [5, 5.41) is 0. The first-order valence-electron chi connectivity index (χ1n) is 6.79. The Morgan fingerprint density at radius 2 is 0.947 bits per heavy atom. The fraction of sp³-hybridized carbons (Fsp3) is 0.500. The molecule has 2 aliphatic carbocycles. The van der Waals surface area contributed by atoms with Gasteiger partial charge in [0, 0.05) is 0 Å². The number of hydrogen-bond donors (Lipinski definition) is 0. The molecule has 0 aromatic heterocycles. The first-order valence-corrected chi connectivity index (χ1v) is 15.6. The predicted octanol–water partition coefficient (Wildman–Crippen LogP) is 6.48. The third-order valence-electron chi connectivity index (χ3n) is 4.95. The molecule has 0 N–H and O–H groups in total. The molecule has 3 heteroatoms. The third kappa shape index (κ3) is 2.52. The normalized spacial score (nSPS) is 21.5. The Morgan fingerprint density at radius 3 is 1.16 bits per heavy atom. The molecule has 0 aromatic rings. The van der Waals surface area contributed by atoms with Gasteiger partial charge in [0.2, 0.25) is 0 Å². The molecule has 0 radical (unpaired) electrons. The number of hydrogen-bond acceptors (Lipinski definition) is 0. The molecule has 0 aromatic carbocycles. The van der Waals surface area contributed by atoms with Crippen LogP contribution in [0.3, 0.4) is 0 Å². The second kappa shape index (κ2) is 5.32. The second-order valence-corrected chi connectivity index (χ2v) is 19.6. The van der Waals surface area contributed by atoms with Crippen molar-refractivity contribution in [2.24, 2.45) is 0 Å². The van der Waals surface area contributed by atoms with E-state index in [1.165, 1.54) is 40.0 Å². The Kier molecular flexibility index (Phi) is 4.43. The Labute approximate surface area is 128 Å². The van der Waals surface area contributed by atoms with Gasteiger partial charge in [0.15, 0.2) is 0 Å². The molecule has 0 aliphatic heterocycles. The molecule has 0 fully saturated rings. The summed E-state index contributed by atoms with van der Waals surface area (Å²) in [7, 11) is 14.0. The fourth-order valence-electron chi connectivity index (χ4n) is 3.03. The van der Waals surface area contributed by atoms with Gasteiger partial charge in [-0.25, -0.2) is 0 Å². The van der Waals surface area contributed by atoms with Gasteiger partial charge in [-0.05, 0) is 0 Å². The van der Waals surface area contributed by atoms with Gasteiger partial charge in [0.1, 0.15) is 0 Å². The Hall–Kier alpha value is 0.423. The van der Waals surface area contributed by atoms with Crippen molar-refractivity contribution < 1.29 is 17.9 Å². The van der Waals surface area contributed by atoms with E-state index in [4.69, 9.17) is 17.0 Å². The molecule has 2 rings (SSSR count). The van der Waals surface area contributed by atoms with Gasteiger partial charge in [0.25, 0.3) is 0 Å². The molecule has 0 atom stereocenters. The van der Waals surface area contributed by atoms with Gasteiger partial charge >= 0.3 is 129 Å². The van der Waals surface area contributed by atoms with Crippen LogP contribution in [0.5, 0.6) is 0 Å². The Morgan fingerprint density at radius 1 is 0.632 bits per heavy atom. The molecular weight excluding hydrogens is 354 g/mol. The zero-order valence-corrected chi connectivity index (χ0v) is 16.6. The molecule has 0 bridgehead atoms. The first kappa shape index (κ1) is 15.8. The molecule has 0 unspecified atom stereocenters. The molecule has 0 saturated carbocycles. The van der Waals surface area contributed by atoms with Gasteiger partial charge in [0.05, 0.1) is 0 Å². The van der Waals surface area contributed by atoms with Crippen LogP contribution in [-0.2, 0) is 17.9 Å². The molecule has 0 saturated heterocycles. The van der Waals surface area contributed by atoms with Gasteiger partial charge in [-0.15, -0.1) is 0 Å². The number of halogens is 2. The van der Waals surface area contributed by atoms with Crippen LogP contribution >= 0.6 is 17.0 Å². The van der Waals surface area contributed by atoms with Crippen molar-refractivity contribution in [1.29, 1.82) is 0 Å². The van der Waals surface area contributed by atoms with Crippen molar-refractivity contribution in [3.63, 3.8) is 0 Å². The maximum atomic E-state index is 7.01. The van der Waals surface area contributed by atoms with Crippen molar-refractivity contribution in [3.8, 4) is 0 Å². The minimum absolute atomic E-state index is 0.996. The van der Waals surface area contributed by atoms with E-state index >= 15 is 0 Å². The van der Waals surface area contributed by atoms with Crippen LogP contribution in [0.25, 0.3) is 0 Å². The van der Waals surface area contributed by atoms with Crippen LogP contribution in [0.15, 0.2) is 40.0 Å². The van der Waals surface area contributed by atoms with Crippen LogP contribution in [0, 0.1) is 0 Å². The molecule has 104 valence electrons. The van der Waals surface area contributed by atoms with Crippen LogP contribution in [0.2, 0.25) is 0 Å². The van der Waals surface area contributed by atoms with E-state index in [2.05, 4.69) is 41.5 Å². The molecule has 0 heterocycles. The summed E-state index contributed by atoms with van der Waals surface area (Å²) in [4.78, 5) is 0. The van der Waals surface area contributed by atoms with Crippen LogP contribution in [0.1, 0.15) is 54.4 Å². The van der Waals surface area contributed by atoms with E-state index in [9.17, 15) is 0 Å². The van der Waals surface area contributed by atoms with Gasteiger partial charge in [-0.1, -0.05) is 0 Å². The van der Waals surface area contributed by atoms with E-state index in [-0.39, 0.29) is 0 Å². The van der Waals surface area contributed by atoms with E-state index in [1.54, 1.807) is 0 Å². The van der Waals surface area contributed by atoms with E-state index in [0.29, 0.717) is 0 Å². The standard InChI is InChI=1S/2C8H11.2ClH.Zr/c2*1-6-4-5-7(2)8(6)3;;;/h2*4H2,1-3H3;2*1H;/q;;;;+2/p-2. The van der Waals surface area contributed by atoms with Crippen molar-refractivity contribution in [2.75, 3.05) is 0 Å². The van der Waals surface area contributed by atoms with Gasteiger partial charge < -0.3 is 0 Å². The van der Waals surface area contributed by atoms with Crippen molar-refractivity contribution in [3.05, 3.63) is 40.0 Å². The van der Waals surface area contributed by atoms with E-state index < -0.39 is 17.9 Å². The van der Waals surface area contributed by atoms with E-state index in [1.807, 2.05) is 0 Å². The Bertz CT molecular complexity index is 522. The predicted molar refractivity (Wildman–Crippen MR) is 83.1 cm³/mol. The summed E-state index contributed by atoms with van der Waals surface area (Å²) in [6.45, 7) is 13.2. The summed E-state index contributed by atoms with van der Waals surface area (Å²) in [6, 6.07) is 0. The summed E-state index contributed by atoms with van der Waals surface area (Å²) in [6.07, 6.45) is 1.99. The quantitative estimate of drug-likeness (QED) is 0.518. The zero-order chi connectivity index (χ0) is 14.5.